The van der Waals surface area contributed by atoms with Crippen molar-refractivity contribution in [3.05, 3.63) is 92.4 Å². The molecule has 178 valence electrons. The summed E-state index contributed by atoms with van der Waals surface area (Å²) in [5, 5.41) is 31.4. The molecular weight excluding hydrogens is 460 g/mol. The van der Waals surface area contributed by atoms with E-state index in [1.165, 1.54) is 6.07 Å². The van der Waals surface area contributed by atoms with E-state index < -0.39 is 57.2 Å². The summed E-state index contributed by atoms with van der Waals surface area (Å²) in [6.07, 6.45) is 0. The lowest BCUT2D eigenvalue weighted by Crippen LogP contribution is -2.41. The highest BCUT2D eigenvalue weighted by molar-refractivity contribution is 6.07. The Kier molecular flexibility index (Phi) is 6.82. The normalized spacial score (nSPS) is 15.3. The maximum Gasteiger partial charge on any atom is 0.355 e. The summed E-state index contributed by atoms with van der Waals surface area (Å²) in [5.41, 5.74) is 3.47. The molecule has 1 unspecified atom stereocenters. The van der Waals surface area contributed by atoms with Crippen molar-refractivity contribution in [2.75, 3.05) is 19.1 Å². The smallest absolute Gasteiger partial charge is 0.355 e. The number of benzene rings is 2. The first-order valence-electron chi connectivity index (χ1n) is 9.85. The van der Waals surface area contributed by atoms with Gasteiger partial charge in [0.05, 0.1) is 42.3 Å². The number of methoxy groups -OCH3 is 2. The van der Waals surface area contributed by atoms with Gasteiger partial charge in [-0.2, -0.15) is 5.26 Å². The number of nitriles is 1. The van der Waals surface area contributed by atoms with Crippen LogP contribution in [0.25, 0.3) is 0 Å². The summed E-state index contributed by atoms with van der Waals surface area (Å²) in [7, 11) is 2.07. The van der Waals surface area contributed by atoms with Crippen molar-refractivity contribution in [1.29, 1.82) is 5.26 Å². The molecule has 1 aliphatic heterocycles. The van der Waals surface area contributed by atoms with Crippen LogP contribution in [0.5, 0.6) is 0 Å². The minimum Gasteiger partial charge on any atom is -0.477 e. The van der Waals surface area contributed by atoms with Crippen LogP contribution in [0.4, 0.5) is 11.4 Å². The Bertz CT molecular complexity index is 1340. The number of anilines is 1. The molecule has 0 saturated heterocycles. The maximum atomic E-state index is 13.0. The molecule has 1 heterocycles. The van der Waals surface area contributed by atoms with Crippen LogP contribution in [0.3, 0.4) is 0 Å². The van der Waals surface area contributed by atoms with E-state index in [2.05, 4.69) is 0 Å². The molecule has 1 aliphatic rings. The van der Waals surface area contributed by atoms with E-state index in [1.807, 2.05) is 6.07 Å². The Morgan fingerprint density at radius 1 is 1.09 bits per heavy atom. The van der Waals surface area contributed by atoms with E-state index in [-0.39, 0.29) is 11.1 Å². The van der Waals surface area contributed by atoms with Gasteiger partial charge in [0.2, 0.25) is 0 Å². The van der Waals surface area contributed by atoms with E-state index in [9.17, 15) is 34.9 Å². The fourth-order valence-electron chi connectivity index (χ4n) is 3.84. The Hall–Kier alpha value is -5.18. The van der Waals surface area contributed by atoms with Gasteiger partial charge in [-0.25, -0.2) is 14.4 Å². The minimum absolute atomic E-state index is 0.223. The number of nitrogens with zero attached hydrogens (tertiary/aromatic N) is 3. The molecule has 0 saturated carbocycles. The number of esters is 2. The number of hydrogen-bond acceptors (Lipinski definition) is 10. The number of ether oxygens (including phenoxy) is 2. The zero-order valence-corrected chi connectivity index (χ0v) is 18.4. The fourth-order valence-corrected chi connectivity index (χ4v) is 3.84. The second-order valence-electron chi connectivity index (χ2n) is 7.07. The highest BCUT2D eigenvalue weighted by atomic mass is 16.6. The molecule has 12 nitrogen and oxygen atoms in total. The molecule has 0 bridgehead atoms. The van der Waals surface area contributed by atoms with E-state index in [4.69, 9.17) is 15.2 Å². The standard InChI is InChI=1S/C23H18N4O8/c1-34-22(30)17-16(12-7-4-3-5-8-12)14(11-24)20(25)26(19(17)23(31)35-2)15-10-6-9-13(21(28)29)18(15)27(32)33/h3-10,16H,25H2,1-2H3,(H,28,29). The zero-order valence-electron chi connectivity index (χ0n) is 18.4. The number of allylic oxidation sites excluding steroid dienone is 1. The van der Waals surface area contributed by atoms with Crippen molar-refractivity contribution < 1.29 is 33.9 Å². The average Bonchev–Trinajstić information content (AvgIpc) is 2.86. The summed E-state index contributed by atoms with van der Waals surface area (Å²) in [4.78, 5) is 49.5. The minimum atomic E-state index is -1.61. The second kappa shape index (κ2) is 9.75. The van der Waals surface area contributed by atoms with Crippen LogP contribution < -0.4 is 10.6 Å². The first-order chi connectivity index (χ1) is 16.7. The van der Waals surface area contributed by atoms with Crippen molar-refractivity contribution in [1.82, 2.24) is 0 Å². The van der Waals surface area contributed by atoms with Gasteiger partial charge in [-0.1, -0.05) is 36.4 Å². The topological polar surface area (TPSA) is 186 Å². The quantitative estimate of drug-likeness (QED) is 0.352. The van der Waals surface area contributed by atoms with Crippen molar-refractivity contribution in [2.45, 2.75) is 5.92 Å². The SMILES string of the molecule is COC(=O)C1=C(C(=O)OC)N(c2cccc(C(=O)O)c2[N+](=O)[O-])C(N)=C(C#N)C1c1ccccc1. The number of carbonyl (C=O) groups is 3. The molecule has 2 aromatic carbocycles. The number of nitro groups is 1. The van der Waals surface area contributed by atoms with Crippen LogP contribution in [-0.2, 0) is 19.1 Å². The lowest BCUT2D eigenvalue weighted by atomic mass is 9.81. The first-order valence-corrected chi connectivity index (χ1v) is 9.85. The van der Waals surface area contributed by atoms with Crippen LogP contribution in [0.15, 0.2) is 71.2 Å². The molecule has 2 aromatic rings. The number of nitro benzene ring substituents is 1. The molecule has 0 amide bonds. The zero-order chi connectivity index (χ0) is 25.9. The molecule has 0 spiro atoms. The van der Waals surface area contributed by atoms with Gasteiger partial charge in [-0.3, -0.25) is 15.0 Å². The predicted octanol–water partition coefficient (Wildman–Crippen LogP) is 2.19. The van der Waals surface area contributed by atoms with Crippen molar-refractivity contribution in [2.24, 2.45) is 5.73 Å². The first kappa shape index (κ1) is 24.5. The molecule has 3 N–H and O–H groups in total. The van der Waals surface area contributed by atoms with Crippen molar-refractivity contribution in [3.8, 4) is 6.07 Å². The molecule has 35 heavy (non-hydrogen) atoms. The largest absolute Gasteiger partial charge is 0.477 e. The summed E-state index contributed by atoms with van der Waals surface area (Å²) in [6.45, 7) is 0. The number of aromatic carboxylic acids is 1. The molecule has 0 radical (unpaired) electrons. The third-order valence-corrected chi connectivity index (χ3v) is 5.28. The average molecular weight is 478 g/mol. The number of hydrogen-bond donors (Lipinski definition) is 2. The second-order valence-corrected chi connectivity index (χ2v) is 7.07. The molecular formula is C23H18N4O8. The van der Waals surface area contributed by atoms with Gasteiger partial charge in [-0.15, -0.1) is 0 Å². The van der Waals surface area contributed by atoms with E-state index >= 15 is 0 Å². The Balaban J connectivity index is 2.52. The van der Waals surface area contributed by atoms with E-state index in [0.717, 1.165) is 31.3 Å². The van der Waals surface area contributed by atoms with Crippen LogP contribution in [0.1, 0.15) is 21.8 Å². The van der Waals surface area contributed by atoms with Gasteiger partial charge >= 0.3 is 23.6 Å². The highest BCUT2D eigenvalue weighted by Crippen LogP contribution is 2.45. The summed E-state index contributed by atoms with van der Waals surface area (Å²) in [6, 6.07) is 13.4. The van der Waals surface area contributed by atoms with Gasteiger partial charge in [0, 0.05) is 0 Å². The third kappa shape index (κ3) is 4.13. The molecule has 0 aromatic heterocycles. The number of carboxylic acids is 1. The van der Waals surface area contributed by atoms with Crippen molar-refractivity contribution >= 4 is 29.3 Å². The summed E-state index contributed by atoms with van der Waals surface area (Å²) < 4.78 is 9.74. The van der Waals surface area contributed by atoms with Crippen LogP contribution >= 0.6 is 0 Å². The Morgan fingerprint density at radius 3 is 2.23 bits per heavy atom. The van der Waals surface area contributed by atoms with E-state index in [0.29, 0.717) is 5.56 Å². The van der Waals surface area contributed by atoms with Gasteiger partial charge < -0.3 is 20.3 Å². The fraction of sp³-hybridized carbons (Fsp3) is 0.130. The van der Waals surface area contributed by atoms with Crippen molar-refractivity contribution in [3.63, 3.8) is 0 Å². The van der Waals surface area contributed by atoms with Gasteiger partial charge in [0.1, 0.15) is 22.8 Å². The monoisotopic (exact) mass is 478 g/mol. The maximum absolute atomic E-state index is 13.0. The number of rotatable bonds is 6. The predicted molar refractivity (Wildman–Crippen MR) is 120 cm³/mol. The van der Waals surface area contributed by atoms with Crippen LogP contribution in [0, 0.1) is 21.4 Å². The number of para-hydroxylation sites is 1. The molecule has 3 rings (SSSR count). The molecule has 0 aliphatic carbocycles. The van der Waals surface area contributed by atoms with Crippen LogP contribution in [-0.4, -0.2) is 42.2 Å². The molecule has 1 atom stereocenters. The number of nitrogens with two attached hydrogens (primary N) is 1. The summed E-state index contributed by atoms with van der Waals surface area (Å²) >= 11 is 0. The van der Waals surface area contributed by atoms with Gasteiger partial charge in [0.25, 0.3) is 0 Å². The number of carbonyl (C=O) groups excluding carboxylic acids is 2. The summed E-state index contributed by atoms with van der Waals surface area (Å²) in [5.74, 6) is -5.37. The molecule has 0 fully saturated rings. The van der Waals surface area contributed by atoms with E-state index in [1.54, 1.807) is 30.3 Å². The lowest BCUT2D eigenvalue weighted by Gasteiger charge is -2.35. The lowest BCUT2D eigenvalue weighted by molar-refractivity contribution is -0.384. The Morgan fingerprint density at radius 2 is 1.71 bits per heavy atom. The Labute approximate surface area is 198 Å². The highest BCUT2D eigenvalue weighted by Gasteiger charge is 2.45. The van der Waals surface area contributed by atoms with Gasteiger partial charge in [-0.05, 0) is 17.7 Å². The third-order valence-electron chi connectivity index (χ3n) is 5.28. The van der Waals surface area contributed by atoms with Gasteiger partial charge in [0.15, 0.2) is 0 Å². The number of carboxylic acid groups (broad SMARTS) is 1. The van der Waals surface area contributed by atoms with Crippen LogP contribution in [0.2, 0.25) is 0 Å². The molecule has 12 heteroatoms.